The quantitative estimate of drug-likeness (QED) is 0.792. The van der Waals surface area contributed by atoms with Crippen LogP contribution in [0.5, 0.6) is 0 Å². The van der Waals surface area contributed by atoms with Crippen LogP contribution in [-0.4, -0.2) is 18.4 Å². The number of carbonyl (C=O) groups excluding carboxylic acids is 2. The van der Waals surface area contributed by atoms with E-state index in [1.54, 1.807) is 42.5 Å². The van der Waals surface area contributed by atoms with Gasteiger partial charge in [-0.1, -0.05) is 29.8 Å². The molecular formula is C16H16ClN3O2. The smallest absolute Gasteiger partial charge is 0.255 e. The minimum absolute atomic E-state index is 0.205. The number of nitrogens with two attached hydrogens (primary N) is 1. The van der Waals surface area contributed by atoms with Gasteiger partial charge >= 0.3 is 0 Å². The van der Waals surface area contributed by atoms with Gasteiger partial charge in [0.25, 0.3) is 5.91 Å². The molecule has 22 heavy (non-hydrogen) atoms. The maximum Gasteiger partial charge on any atom is 0.255 e. The van der Waals surface area contributed by atoms with Gasteiger partial charge in [0.2, 0.25) is 5.91 Å². The van der Waals surface area contributed by atoms with Crippen molar-refractivity contribution in [1.29, 1.82) is 0 Å². The van der Waals surface area contributed by atoms with Crippen molar-refractivity contribution in [1.82, 2.24) is 0 Å². The molecule has 2 rings (SSSR count). The van der Waals surface area contributed by atoms with E-state index in [4.69, 9.17) is 17.3 Å². The monoisotopic (exact) mass is 317 g/mol. The summed E-state index contributed by atoms with van der Waals surface area (Å²) in [7, 11) is 0. The van der Waals surface area contributed by atoms with Crippen LogP contribution in [0.25, 0.3) is 0 Å². The van der Waals surface area contributed by atoms with Gasteiger partial charge in [0.05, 0.1) is 10.7 Å². The Labute approximate surface area is 133 Å². The van der Waals surface area contributed by atoms with Gasteiger partial charge < -0.3 is 16.4 Å². The fraction of sp³-hybridized carbons (Fsp3) is 0.125. The maximum absolute atomic E-state index is 12.1. The molecule has 5 nitrogen and oxygen atoms in total. The molecule has 0 radical (unpaired) electrons. The predicted molar refractivity (Wildman–Crippen MR) is 88.1 cm³/mol. The van der Waals surface area contributed by atoms with Crippen molar-refractivity contribution in [3.8, 4) is 0 Å². The van der Waals surface area contributed by atoms with Crippen molar-refractivity contribution < 1.29 is 9.59 Å². The Kier molecular flexibility index (Phi) is 5.52. The van der Waals surface area contributed by atoms with Gasteiger partial charge in [-0.15, -0.1) is 0 Å². The minimum atomic E-state index is -0.234. The van der Waals surface area contributed by atoms with Crippen LogP contribution in [0.3, 0.4) is 0 Å². The number of benzene rings is 2. The lowest BCUT2D eigenvalue weighted by molar-refractivity contribution is -0.116. The van der Waals surface area contributed by atoms with Crippen LogP contribution in [-0.2, 0) is 4.79 Å². The van der Waals surface area contributed by atoms with Gasteiger partial charge in [0, 0.05) is 24.2 Å². The molecule has 0 fully saturated rings. The first-order chi connectivity index (χ1) is 10.6. The van der Waals surface area contributed by atoms with E-state index in [1.165, 1.54) is 0 Å². The van der Waals surface area contributed by atoms with Crippen molar-refractivity contribution in [2.45, 2.75) is 6.42 Å². The van der Waals surface area contributed by atoms with Gasteiger partial charge in [-0.2, -0.15) is 0 Å². The summed E-state index contributed by atoms with van der Waals surface area (Å²) in [5.74, 6) is -0.460. The summed E-state index contributed by atoms with van der Waals surface area (Å²) in [6.07, 6.45) is 0.205. The zero-order valence-corrected chi connectivity index (χ0v) is 12.6. The van der Waals surface area contributed by atoms with E-state index in [0.717, 1.165) is 0 Å². The van der Waals surface area contributed by atoms with E-state index in [1.807, 2.05) is 6.07 Å². The van der Waals surface area contributed by atoms with Crippen molar-refractivity contribution >= 4 is 34.8 Å². The molecule has 2 amide bonds. The van der Waals surface area contributed by atoms with E-state index >= 15 is 0 Å². The summed E-state index contributed by atoms with van der Waals surface area (Å²) in [4.78, 5) is 23.7. The molecule has 0 heterocycles. The average Bonchev–Trinajstić information content (AvgIpc) is 2.51. The predicted octanol–water partition coefficient (Wildman–Crippen LogP) is 2.88. The van der Waals surface area contributed by atoms with Gasteiger partial charge in [0.15, 0.2) is 0 Å². The van der Waals surface area contributed by atoms with Crippen LogP contribution in [0.15, 0.2) is 48.5 Å². The van der Waals surface area contributed by atoms with E-state index in [9.17, 15) is 9.59 Å². The van der Waals surface area contributed by atoms with E-state index < -0.39 is 0 Å². The number of hydrogen-bond acceptors (Lipinski definition) is 3. The van der Waals surface area contributed by atoms with E-state index in [2.05, 4.69) is 10.6 Å². The highest BCUT2D eigenvalue weighted by Crippen LogP contribution is 2.26. The van der Waals surface area contributed by atoms with Crippen molar-refractivity contribution in [2.75, 3.05) is 17.2 Å². The second-order valence-corrected chi connectivity index (χ2v) is 5.01. The number of carbonyl (C=O) groups is 2. The molecule has 0 bridgehead atoms. The van der Waals surface area contributed by atoms with Crippen LogP contribution in [0.1, 0.15) is 16.8 Å². The first-order valence-electron chi connectivity index (χ1n) is 6.76. The lowest BCUT2D eigenvalue weighted by Crippen LogP contribution is -2.17. The summed E-state index contributed by atoms with van der Waals surface area (Å²) in [6, 6.07) is 13.7. The first kappa shape index (κ1) is 16.0. The number of rotatable bonds is 5. The molecule has 0 aliphatic heterocycles. The minimum Gasteiger partial charge on any atom is -0.330 e. The van der Waals surface area contributed by atoms with Crippen LogP contribution in [0, 0.1) is 0 Å². The average molecular weight is 318 g/mol. The van der Waals surface area contributed by atoms with E-state index in [-0.39, 0.29) is 24.8 Å². The summed E-state index contributed by atoms with van der Waals surface area (Å²) in [5.41, 5.74) is 6.86. The third-order valence-electron chi connectivity index (χ3n) is 2.91. The molecular weight excluding hydrogens is 302 g/mol. The SMILES string of the molecule is NCCC(=O)Nc1cc(NC(=O)c2ccccc2)ccc1Cl. The van der Waals surface area contributed by atoms with Crippen LogP contribution in [0.4, 0.5) is 11.4 Å². The largest absolute Gasteiger partial charge is 0.330 e. The standard InChI is InChI=1S/C16H16ClN3O2/c17-13-7-6-12(10-14(13)20-15(21)8-9-18)19-16(22)11-4-2-1-3-5-11/h1-7,10H,8-9,18H2,(H,19,22)(H,20,21). The Morgan fingerprint density at radius 2 is 1.77 bits per heavy atom. The molecule has 0 aliphatic carbocycles. The third-order valence-corrected chi connectivity index (χ3v) is 3.24. The van der Waals surface area contributed by atoms with Crippen LogP contribution < -0.4 is 16.4 Å². The molecule has 0 aliphatic rings. The molecule has 4 N–H and O–H groups in total. The molecule has 6 heteroatoms. The van der Waals surface area contributed by atoms with Gasteiger partial charge in [-0.3, -0.25) is 9.59 Å². The zero-order valence-electron chi connectivity index (χ0n) is 11.8. The lowest BCUT2D eigenvalue weighted by atomic mass is 10.2. The number of nitrogens with one attached hydrogen (secondary N) is 2. The summed E-state index contributed by atoms with van der Waals surface area (Å²) in [5, 5.41) is 5.81. The fourth-order valence-corrected chi connectivity index (χ4v) is 2.00. The highest BCUT2D eigenvalue weighted by atomic mass is 35.5. The summed E-state index contributed by atoms with van der Waals surface area (Å²) < 4.78 is 0. The molecule has 0 unspecified atom stereocenters. The summed E-state index contributed by atoms with van der Waals surface area (Å²) in [6.45, 7) is 0.258. The lowest BCUT2D eigenvalue weighted by Gasteiger charge is -2.10. The topological polar surface area (TPSA) is 84.2 Å². The molecule has 2 aromatic rings. The zero-order chi connectivity index (χ0) is 15.9. The van der Waals surface area contributed by atoms with E-state index in [0.29, 0.717) is 22.0 Å². The van der Waals surface area contributed by atoms with Crippen molar-refractivity contribution in [2.24, 2.45) is 5.73 Å². The van der Waals surface area contributed by atoms with Crippen LogP contribution >= 0.6 is 11.6 Å². The van der Waals surface area contributed by atoms with Crippen LogP contribution in [0.2, 0.25) is 5.02 Å². The van der Waals surface area contributed by atoms with Gasteiger partial charge in [0.1, 0.15) is 0 Å². The number of hydrogen-bond donors (Lipinski definition) is 3. The molecule has 0 aromatic heterocycles. The maximum atomic E-state index is 12.1. The Bertz CT molecular complexity index is 674. The number of halogens is 1. The van der Waals surface area contributed by atoms with Gasteiger partial charge in [-0.25, -0.2) is 0 Å². The Balaban J connectivity index is 2.12. The second-order valence-electron chi connectivity index (χ2n) is 4.60. The Morgan fingerprint density at radius 1 is 1.05 bits per heavy atom. The number of anilines is 2. The molecule has 114 valence electrons. The molecule has 0 saturated heterocycles. The molecule has 2 aromatic carbocycles. The Morgan fingerprint density at radius 3 is 2.45 bits per heavy atom. The first-order valence-corrected chi connectivity index (χ1v) is 7.14. The second kappa shape index (κ2) is 7.59. The highest BCUT2D eigenvalue weighted by Gasteiger charge is 2.09. The molecule has 0 spiro atoms. The molecule has 0 atom stereocenters. The third kappa shape index (κ3) is 4.31. The van der Waals surface area contributed by atoms with Gasteiger partial charge in [-0.05, 0) is 30.3 Å². The van der Waals surface area contributed by atoms with Crippen molar-refractivity contribution in [3.63, 3.8) is 0 Å². The number of amides is 2. The normalized spacial score (nSPS) is 10.1. The highest BCUT2D eigenvalue weighted by molar-refractivity contribution is 6.33. The fourth-order valence-electron chi connectivity index (χ4n) is 1.84. The molecule has 0 saturated carbocycles. The van der Waals surface area contributed by atoms with Crippen molar-refractivity contribution in [3.05, 3.63) is 59.1 Å². The summed E-state index contributed by atoms with van der Waals surface area (Å²) >= 11 is 6.04. The Hall–Kier alpha value is -2.37.